The number of ether oxygens (including phenoxy) is 1. The maximum Gasteiger partial charge on any atom is 0.0594 e. The highest BCUT2D eigenvalue weighted by atomic mass is 127. The summed E-state index contributed by atoms with van der Waals surface area (Å²) in [6.07, 6.45) is 2.73. The van der Waals surface area contributed by atoms with E-state index in [1.54, 1.807) is 0 Å². The molecule has 0 unspecified atom stereocenters. The maximum absolute atomic E-state index is 5.36. The van der Waals surface area contributed by atoms with Gasteiger partial charge >= 0.3 is 0 Å². The summed E-state index contributed by atoms with van der Waals surface area (Å²) in [7, 11) is 0. The van der Waals surface area contributed by atoms with Crippen LogP contribution in [0, 0.1) is 0 Å². The predicted octanol–water partition coefficient (Wildman–Crippen LogP) is 1.13. The van der Waals surface area contributed by atoms with Crippen molar-refractivity contribution in [3.63, 3.8) is 0 Å². The molecule has 0 aromatic carbocycles. The second kappa shape index (κ2) is 4.91. The van der Waals surface area contributed by atoms with Crippen LogP contribution in [0.2, 0.25) is 0 Å². The second-order valence-corrected chi connectivity index (χ2v) is 5.18. The Morgan fingerprint density at radius 1 is 1.15 bits per heavy atom. The fourth-order valence-electron chi connectivity index (χ4n) is 2.15. The summed E-state index contributed by atoms with van der Waals surface area (Å²) in [5.74, 6) is 0. The van der Waals surface area contributed by atoms with Crippen LogP contribution >= 0.6 is 22.9 Å². The van der Waals surface area contributed by atoms with E-state index in [0.717, 1.165) is 32.3 Å². The van der Waals surface area contributed by atoms with Crippen molar-refractivity contribution in [3.05, 3.63) is 0 Å². The third kappa shape index (κ3) is 2.78. The first-order valence-electron chi connectivity index (χ1n) is 5.09. The van der Waals surface area contributed by atoms with Gasteiger partial charge < -0.3 is 4.74 Å². The Hall–Kier alpha value is 0.610. The molecule has 2 fully saturated rings. The van der Waals surface area contributed by atoms with Gasteiger partial charge in [0.05, 0.1) is 13.2 Å². The van der Waals surface area contributed by atoms with E-state index in [-0.39, 0.29) is 0 Å². The molecule has 0 aliphatic carbocycles. The van der Waals surface area contributed by atoms with Crippen LogP contribution in [-0.4, -0.2) is 53.4 Å². The van der Waals surface area contributed by atoms with Gasteiger partial charge in [-0.3, -0.25) is 4.90 Å². The third-order valence-corrected chi connectivity index (χ3v) is 3.79. The van der Waals surface area contributed by atoms with Gasteiger partial charge in [0, 0.05) is 55.1 Å². The molecule has 0 aromatic rings. The minimum Gasteiger partial charge on any atom is -0.379 e. The molecule has 0 spiro atoms. The van der Waals surface area contributed by atoms with E-state index >= 15 is 0 Å². The number of hydrogen-bond donors (Lipinski definition) is 0. The first-order chi connectivity index (χ1) is 6.36. The van der Waals surface area contributed by atoms with Gasteiger partial charge in [-0.05, 0) is 12.8 Å². The van der Waals surface area contributed by atoms with Crippen LogP contribution in [0.4, 0.5) is 0 Å². The monoisotopic (exact) mass is 296 g/mol. The molecule has 2 heterocycles. The first kappa shape index (κ1) is 10.1. The molecular formula is C9H17IN2O. The number of piperidine rings is 1. The van der Waals surface area contributed by atoms with Crippen molar-refractivity contribution in [2.75, 3.05) is 39.4 Å². The van der Waals surface area contributed by atoms with Crippen LogP contribution in [-0.2, 0) is 4.74 Å². The topological polar surface area (TPSA) is 15.7 Å². The van der Waals surface area contributed by atoms with Gasteiger partial charge in [-0.2, -0.15) is 0 Å². The average molecular weight is 296 g/mol. The predicted molar refractivity (Wildman–Crippen MR) is 61.0 cm³/mol. The molecule has 2 aliphatic heterocycles. The van der Waals surface area contributed by atoms with Crippen LogP contribution in [0.15, 0.2) is 0 Å². The minimum absolute atomic E-state index is 0.787. The Kier molecular flexibility index (Phi) is 3.83. The van der Waals surface area contributed by atoms with E-state index in [4.69, 9.17) is 4.74 Å². The van der Waals surface area contributed by atoms with Gasteiger partial charge in [0.1, 0.15) is 0 Å². The van der Waals surface area contributed by atoms with Crippen molar-refractivity contribution in [3.8, 4) is 0 Å². The van der Waals surface area contributed by atoms with Crippen molar-refractivity contribution < 1.29 is 4.74 Å². The van der Waals surface area contributed by atoms with Gasteiger partial charge in [-0.15, -0.1) is 0 Å². The number of nitrogens with zero attached hydrogens (tertiary/aromatic N) is 2. The summed E-state index contributed by atoms with van der Waals surface area (Å²) < 4.78 is 7.78. The molecule has 76 valence electrons. The molecule has 0 amide bonds. The normalized spacial score (nSPS) is 33.5. The van der Waals surface area contributed by atoms with Crippen molar-refractivity contribution in [1.82, 2.24) is 8.01 Å². The number of halogens is 1. The average Bonchev–Trinajstić information content (AvgIpc) is 2.19. The molecule has 0 bridgehead atoms. The van der Waals surface area contributed by atoms with Crippen molar-refractivity contribution in [1.29, 1.82) is 0 Å². The molecule has 0 aromatic heterocycles. The van der Waals surface area contributed by atoms with Gasteiger partial charge in [0.15, 0.2) is 0 Å². The van der Waals surface area contributed by atoms with E-state index in [1.807, 2.05) is 0 Å². The summed E-state index contributed by atoms with van der Waals surface area (Å²) in [6.45, 7) is 6.63. The molecule has 0 saturated carbocycles. The molecule has 0 radical (unpaired) electrons. The molecule has 13 heavy (non-hydrogen) atoms. The fourth-order valence-corrected chi connectivity index (χ4v) is 2.95. The number of morpholine rings is 1. The molecule has 1 atom stereocenters. The zero-order chi connectivity index (χ0) is 9.10. The van der Waals surface area contributed by atoms with Crippen molar-refractivity contribution >= 4 is 22.9 Å². The van der Waals surface area contributed by atoms with Crippen LogP contribution < -0.4 is 0 Å². The van der Waals surface area contributed by atoms with Gasteiger partial charge in [0.2, 0.25) is 0 Å². The third-order valence-electron chi connectivity index (χ3n) is 2.91. The van der Waals surface area contributed by atoms with E-state index in [0.29, 0.717) is 0 Å². The summed E-state index contributed by atoms with van der Waals surface area (Å²) in [4.78, 5) is 2.59. The standard InChI is InChI=1S/C9H17IN2O/c10-12-3-1-2-9(8-12)11-4-6-13-7-5-11/h9H,1-8H2/t9-/m0/s1. The Balaban J connectivity index is 1.83. The maximum atomic E-state index is 5.36. The molecule has 2 aliphatic rings. The lowest BCUT2D eigenvalue weighted by Gasteiger charge is -2.38. The van der Waals surface area contributed by atoms with Crippen LogP contribution in [0.5, 0.6) is 0 Å². The van der Waals surface area contributed by atoms with E-state index < -0.39 is 0 Å². The molecule has 0 N–H and O–H groups in total. The summed E-state index contributed by atoms with van der Waals surface area (Å²) >= 11 is 2.44. The molecule has 4 heteroatoms. The van der Waals surface area contributed by atoms with E-state index in [9.17, 15) is 0 Å². The number of hydrogen-bond acceptors (Lipinski definition) is 3. The lowest BCUT2D eigenvalue weighted by molar-refractivity contribution is 0.00726. The SMILES string of the molecule is IN1CCC[C@H](N2CCOCC2)C1. The zero-order valence-electron chi connectivity index (χ0n) is 7.91. The Morgan fingerprint density at radius 2 is 1.92 bits per heavy atom. The first-order valence-corrected chi connectivity index (χ1v) is 6.05. The quantitative estimate of drug-likeness (QED) is 0.533. The molecule has 3 nitrogen and oxygen atoms in total. The summed E-state index contributed by atoms with van der Waals surface area (Å²) in [5, 5.41) is 0. The Bertz CT molecular complexity index is 162. The zero-order valence-corrected chi connectivity index (χ0v) is 10.1. The van der Waals surface area contributed by atoms with E-state index in [2.05, 4.69) is 30.9 Å². The van der Waals surface area contributed by atoms with Crippen LogP contribution in [0.1, 0.15) is 12.8 Å². The van der Waals surface area contributed by atoms with Gasteiger partial charge in [-0.1, -0.05) is 0 Å². The Morgan fingerprint density at radius 3 is 2.62 bits per heavy atom. The summed E-state index contributed by atoms with van der Waals surface area (Å²) in [6, 6.07) is 0.787. The minimum atomic E-state index is 0.787. The van der Waals surface area contributed by atoms with Gasteiger partial charge in [0.25, 0.3) is 0 Å². The number of rotatable bonds is 1. The molecule has 2 saturated heterocycles. The lowest BCUT2D eigenvalue weighted by Crippen LogP contribution is -2.49. The molecule has 2 rings (SSSR count). The fraction of sp³-hybridized carbons (Fsp3) is 1.00. The van der Waals surface area contributed by atoms with Crippen molar-refractivity contribution in [2.24, 2.45) is 0 Å². The smallest absolute Gasteiger partial charge is 0.0594 e. The Labute approximate surface area is 93.9 Å². The van der Waals surface area contributed by atoms with Crippen LogP contribution in [0.25, 0.3) is 0 Å². The highest BCUT2D eigenvalue weighted by molar-refractivity contribution is 14.1. The highest BCUT2D eigenvalue weighted by Crippen LogP contribution is 2.19. The highest BCUT2D eigenvalue weighted by Gasteiger charge is 2.25. The van der Waals surface area contributed by atoms with E-state index in [1.165, 1.54) is 25.9 Å². The second-order valence-electron chi connectivity index (χ2n) is 3.81. The van der Waals surface area contributed by atoms with Gasteiger partial charge in [-0.25, -0.2) is 3.11 Å². The summed E-state index contributed by atoms with van der Waals surface area (Å²) in [5.41, 5.74) is 0. The van der Waals surface area contributed by atoms with Crippen LogP contribution in [0.3, 0.4) is 0 Å². The molecular weight excluding hydrogens is 279 g/mol. The lowest BCUT2D eigenvalue weighted by atomic mass is 10.1. The van der Waals surface area contributed by atoms with Crippen molar-refractivity contribution in [2.45, 2.75) is 18.9 Å². The largest absolute Gasteiger partial charge is 0.379 e.